The lowest BCUT2D eigenvalue weighted by Gasteiger charge is -2.32. The first-order valence-electron chi connectivity index (χ1n) is 6.07. The van der Waals surface area contributed by atoms with Crippen molar-refractivity contribution in [3.05, 3.63) is 0 Å². The van der Waals surface area contributed by atoms with E-state index in [1.165, 1.54) is 14.1 Å². The Morgan fingerprint density at radius 3 is 1.90 bits per heavy atom. The molecule has 0 bridgehead atoms. The molecule has 0 saturated heterocycles. The molecule has 0 aliphatic rings. The minimum Gasteiger partial charge on any atom is -0.347 e. The third kappa shape index (κ3) is 6.23. The minimum absolute atomic E-state index is 0.457. The van der Waals surface area contributed by atoms with Crippen molar-refractivity contribution in [3.63, 3.8) is 0 Å². The van der Waals surface area contributed by atoms with E-state index in [-0.39, 0.29) is 0 Å². The lowest BCUT2D eigenvalue weighted by molar-refractivity contribution is -0.166. The Hall–Kier alpha value is -1.31. The summed E-state index contributed by atoms with van der Waals surface area (Å²) < 4.78 is 37.6. The Morgan fingerprint density at radius 1 is 1.15 bits per heavy atom. The molecule has 0 fully saturated rings. The largest absolute Gasteiger partial charge is 0.406 e. The van der Waals surface area contributed by atoms with Gasteiger partial charge in [0.05, 0.1) is 6.04 Å². The van der Waals surface area contributed by atoms with Gasteiger partial charge in [0.2, 0.25) is 11.8 Å². The highest BCUT2D eigenvalue weighted by Gasteiger charge is 2.38. The van der Waals surface area contributed by atoms with Gasteiger partial charge in [0, 0.05) is 14.1 Å². The number of halogens is 3. The molecule has 0 radical (unpaired) electrons. The van der Waals surface area contributed by atoms with Crippen molar-refractivity contribution in [3.8, 4) is 0 Å². The second kappa shape index (κ2) is 6.43. The molecule has 8 heteroatoms. The summed E-state index contributed by atoms with van der Waals surface area (Å²) in [6.45, 7) is 2.81. The zero-order valence-corrected chi connectivity index (χ0v) is 12.4. The number of alkyl halides is 3. The number of hydrogen-bond donors (Lipinski definition) is 1. The van der Waals surface area contributed by atoms with E-state index in [1.54, 1.807) is 20.8 Å². The maximum Gasteiger partial charge on any atom is 0.406 e. The second-order valence-corrected chi connectivity index (χ2v) is 5.94. The maximum absolute atomic E-state index is 12.5. The quantitative estimate of drug-likeness (QED) is 0.836. The summed E-state index contributed by atoms with van der Waals surface area (Å²) in [5.41, 5.74) is 4.99. The van der Waals surface area contributed by atoms with Crippen molar-refractivity contribution in [1.29, 1.82) is 0 Å². The zero-order chi connectivity index (χ0) is 16.3. The van der Waals surface area contributed by atoms with Gasteiger partial charge in [0.25, 0.3) is 0 Å². The summed E-state index contributed by atoms with van der Waals surface area (Å²) in [6, 6.07) is -1.11. The lowest BCUT2D eigenvalue weighted by atomic mass is 9.86. The molecule has 0 heterocycles. The molecule has 0 unspecified atom stereocenters. The fourth-order valence-electron chi connectivity index (χ4n) is 1.30. The van der Waals surface area contributed by atoms with Crippen molar-refractivity contribution < 1.29 is 22.8 Å². The second-order valence-electron chi connectivity index (χ2n) is 5.94. The Morgan fingerprint density at radius 2 is 1.60 bits per heavy atom. The number of amides is 2. The van der Waals surface area contributed by atoms with Crippen LogP contribution in [-0.4, -0.2) is 61.0 Å². The van der Waals surface area contributed by atoms with Gasteiger partial charge < -0.3 is 15.5 Å². The molecule has 118 valence electrons. The van der Waals surface area contributed by atoms with Crippen LogP contribution in [0.2, 0.25) is 0 Å². The van der Waals surface area contributed by atoms with Gasteiger partial charge in [-0.15, -0.1) is 0 Å². The lowest BCUT2D eigenvalue weighted by Crippen LogP contribution is -2.54. The molecule has 0 rings (SSSR count). The molecule has 2 amide bonds. The van der Waals surface area contributed by atoms with E-state index < -0.39 is 42.5 Å². The first-order valence-corrected chi connectivity index (χ1v) is 6.07. The SMILES string of the molecule is CN(C)C(=O)CN(CC(F)(F)F)C(=O)[C@@H](N)C(C)(C)C. The van der Waals surface area contributed by atoms with Crippen LogP contribution in [0.1, 0.15) is 20.8 Å². The molecule has 0 spiro atoms. The van der Waals surface area contributed by atoms with Crippen LogP contribution in [0.5, 0.6) is 0 Å². The van der Waals surface area contributed by atoms with Gasteiger partial charge in [0.15, 0.2) is 0 Å². The van der Waals surface area contributed by atoms with Crippen molar-refractivity contribution in [2.75, 3.05) is 27.2 Å². The first kappa shape index (κ1) is 18.7. The van der Waals surface area contributed by atoms with Crippen LogP contribution in [0, 0.1) is 5.41 Å². The van der Waals surface area contributed by atoms with Crippen LogP contribution >= 0.6 is 0 Å². The van der Waals surface area contributed by atoms with Gasteiger partial charge in [-0.3, -0.25) is 9.59 Å². The molecule has 2 N–H and O–H groups in total. The Labute approximate surface area is 116 Å². The molecular weight excluding hydrogens is 275 g/mol. The van der Waals surface area contributed by atoms with E-state index in [9.17, 15) is 22.8 Å². The molecule has 1 atom stereocenters. The van der Waals surface area contributed by atoms with Gasteiger partial charge in [-0.2, -0.15) is 13.2 Å². The van der Waals surface area contributed by atoms with E-state index in [0.717, 1.165) is 4.90 Å². The van der Waals surface area contributed by atoms with Crippen molar-refractivity contribution in [2.24, 2.45) is 11.1 Å². The average Bonchev–Trinajstić information content (AvgIpc) is 2.22. The summed E-state index contributed by atoms with van der Waals surface area (Å²) in [6.07, 6.45) is -4.58. The van der Waals surface area contributed by atoms with Crippen LogP contribution in [0.15, 0.2) is 0 Å². The Balaban J connectivity index is 5.12. The van der Waals surface area contributed by atoms with Crippen LogP contribution in [-0.2, 0) is 9.59 Å². The highest BCUT2D eigenvalue weighted by atomic mass is 19.4. The topological polar surface area (TPSA) is 66.6 Å². The van der Waals surface area contributed by atoms with E-state index >= 15 is 0 Å². The third-order valence-corrected chi connectivity index (χ3v) is 2.71. The molecule has 0 aromatic heterocycles. The van der Waals surface area contributed by atoms with Gasteiger partial charge in [-0.25, -0.2) is 0 Å². The summed E-state index contributed by atoms with van der Waals surface area (Å²) in [7, 11) is 2.81. The number of carbonyl (C=O) groups is 2. The third-order valence-electron chi connectivity index (χ3n) is 2.71. The fraction of sp³-hybridized carbons (Fsp3) is 0.833. The van der Waals surface area contributed by atoms with Crippen LogP contribution in [0.3, 0.4) is 0 Å². The van der Waals surface area contributed by atoms with E-state index in [0.29, 0.717) is 4.90 Å². The fourth-order valence-corrected chi connectivity index (χ4v) is 1.30. The first-order chi connectivity index (χ1) is 8.75. The Kier molecular flexibility index (Phi) is 6.01. The normalized spacial score (nSPS) is 13.8. The molecule has 0 aromatic carbocycles. The summed E-state index contributed by atoms with van der Waals surface area (Å²) in [5, 5.41) is 0. The summed E-state index contributed by atoms with van der Waals surface area (Å²) in [5.74, 6) is -1.48. The summed E-state index contributed by atoms with van der Waals surface area (Å²) in [4.78, 5) is 25.2. The van der Waals surface area contributed by atoms with Crippen LogP contribution in [0.4, 0.5) is 13.2 Å². The molecule has 0 saturated carbocycles. The monoisotopic (exact) mass is 297 g/mol. The number of hydrogen-bond acceptors (Lipinski definition) is 3. The van der Waals surface area contributed by atoms with Crippen molar-refractivity contribution in [2.45, 2.75) is 33.0 Å². The average molecular weight is 297 g/mol. The zero-order valence-electron chi connectivity index (χ0n) is 12.4. The van der Waals surface area contributed by atoms with Crippen LogP contribution < -0.4 is 5.73 Å². The predicted octanol–water partition coefficient (Wildman–Crippen LogP) is 0.839. The van der Waals surface area contributed by atoms with Crippen molar-refractivity contribution >= 4 is 11.8 Å². The molecule has 5 nitrogen and oxygen atoms in total. The van der Waals surface area contributed by atoms with E-state index in [1.807, 2.05) is 0 Å². The highest BCUT2D eigenvalue weighted by molar-refractivity contribution is 5.87. The highest BCUT2D eigenvalue weighted by Crippen LogP contribution is 2.22. The van der Waals surface area contributed by atoms with E-state index in [4.69, 9.17) is 5.73 Å². The van der Waals surface area contributed by atoms with Gasteiger partial charge in [-0.05, 0) is 5.41 Å². The standard InChI is InChI=1S/C12H22F3N3O2/c1-11(2,3)9(16)10(20)18(7-12(13,14)15)6-8(19)17(4)5/h9H,6-7,16H2,1-5H3/t9-/m1/s1. The number of nitrogens with zero attached hydrogens (tertiary/aromatic N) is 2. The molecule has 20 heavy (non-hydrogen) atoms. The number of nitrogens with two attached hydrogens (primary N) is 1. The maximum atomic E-state index is 12.5. The predicted molar refractivity (Wildman–Crippen MR) is 68.8 cm³/mol. The van der Waals surface area contributed by atoms with Gasteiger partial charge in [0.1, 0.15) is 13.1 Å². The molecule has 0 aliphatic heterocycles. The Bertz CT molecular complexity index is 362. The minimum atomic E-state index is -4.58. The van der Waals surface area contributed by atoms with Crippen molar-refractivity contribution in [1.82, 2.24) is 9.80 Å². The molecule has 0 aromatic rings. The number of rotatable bonds is 4. The van der Waals surface area contributed by atoms with E-state index in [2.05, 4.69) is 0 Å². The number of likely N-dealkylation sites (N-methyl/N-ethyl adjacent to an activating group) is 1. The molecule has 0 aliphatic carbocycles. The van der Waals surface area contributed by atoms with Gasteiger partial charge >= 0.3 is 6.18 Å². The molecular formula is C12H22F3N3O2. The van der Waals surface area contributed by atoms with Gasteiger partial charge in [-0.1, -0.05) is 20.8 Å². The smallest absolute Gasteiger partial charge is 0.347 e. The van der Waals surface area contributed by atoms with Crippen LogP contribution in [0.25, 0.3) is 0 Å². The number of carbonyl (C=O) groups excluding carboxylic acids is 2. The summed E-state index contributed by atoms with van der Waals surface area (Å²) >= 11 is 0.